The summed E-state index contributed by atoms with van der Waals surface area (Å²) in [7, 11) is 0. The number of benzene rings is 1. The fraction of sp³-hybridized carbons (Fsp3) is 0.455. The first-order valence-corrected chi connectivity index (χ1v) is 10.9. The molecule has 0 spiro atoms. The van der Waals surface area contributed by atoms with E-state index in [2.05, 4.69) is 53.2 Å². The number of hydrogen-bond acceptors (Lipinski definition) is 4. The number of thiophene rings is 1. The maximum atomic E-state index is 12.6. The molecule has 150 valence electrons. The molecular weight excluding hydrogens is 370 g/mol. The molecule has 28 heavy (non-hydrogen) atoms. The van der Waals surface area contributed by atoms with E-state index in [1.54, 1.807) is 18.3 Å². The smallest absolute Gasteiger partial charge is 0.321 e. The lowest BCUT2D eigenvalue weighted by atomic mass is 9.96. The van der Waals surface area contributed by atoms with Crippen LogP contribution in [0.2, 0.25) is 0 Å². The number of carbonyl (C=O) groups is 2. The first kappa shape index (κ1) is 20.6. The Balaban J connectivity index is 1.61. The summed E-state index contributed by atoms with van der Waals surface area (Å²) >= 11 is 1.65. The van der Waals surface area contributed by atoms with Gasteiger partial charge in [0.05, 0.1) is 12.1 Å². The number of nitrogens with one attached hydrogen (secondary N) is 3. The molecule has 1 aliphatic rings. The number of hydrogen-bond donors (Lipinski definition) is 3. The molecular formula is C22H29N3O2S. The summed E-state index contributed by atoms with van der Waals surface area (Å²) in [5, 5.41) is 10.8. The van der Waals surface area contributed by atoms with Crippen LogP contribution >= 0.6 is 11.3 Å². The van der Waals surface area contributed by atoms with Gasteiger partial charge in [-0.1, -0.05) is 55.2 Å². The van der Waals surface area contributed by atoms with Crippen molar-refractivity contribution in [3.05, 3.63) is 57.8 Å². The number of imide groups is 1. The third-order valence-electron chi connectivity index (χ3n) is 5.23. The molecule has 0 saturated heterocycles. The van der Waals surface area contributed by atoms with Crippen molar-refractivity contribution in [2.45, 2.75) is 64.1 Å². The summed E-state index contributed by atoms with van der Waals surface area (Å²) in [6, 6.07) is 11.5. The summed E-state index contributed by atoms with van der Waals surface area (Å²) in [5.41, 5.74) is 2.29. The summed E-state index contributed by atoms with van der Waals surface area (Å²) in [5.74, 6) is -0.318. The molecule has 1 saturated carbocycles. The van der Waals surface area contributed by atoms with Crippen LogP contribution in [0.5, 0.6) is 0 Å². The van der Waals surface area contributed by atoms with Gasteiger partial charge in [0.15, 0.2) is 0 Å². The lowest BCUT2D eigenvalue weighted by Gasteiger charge is -2.24. The molecule has 2 atom stereocenters. The molecule has 0 unspecified atom stereocenters. The van der Waals surface area contributed by atoms with Gasteiger partial charge in [0.25, 0.3) is 0 Å². The third kappa shape index (κ3) is 5.66. The average molecular weight is 400 g/mol. The van der Waals surface area contributed by atoms with Crippen LogP contribution in [0.25, 0.3) is 0 Å². The van der Waals surface area contributed by atoms with E-state index < -0.39 is 12.1 Å². The van der Waals surface area contributed by atoms with Gasteiger partial charge < -0.3 is 5.32 Å². The van der Waals surface area contributed by atoms with E-state index in [4.69, 9.17) is 0 Å². The maximum Gasteiger partial charge on any atom is 0.321 e. The lowest BCUT2D eigenvalue weighted by Crippen LogP contribution is -2.51. The Morgan fingerprint density at radius 1 is 1.07 bits per heavy atom. The van der Waals surface area contributed by atoms with E-state index in [0.29, 0.717) is 0 Å². The van der Waals surface area contributed by atoms with Crippen LogP contribution in [-0.4, -0.2) is 24.0 Å². The maximum absolute atomic E-state index is 12.6. The van der Waals surface area contributed by atoms with Crippen molar-refractivity contribution in [3.8, 4) is 0 Å². The van der Waals surface area contributed by atoms with Gasteiger partial charge in [0.1, 0.15) is 0 Å². The van der Waals surface area contributed by atoms with Gasteiger partial charge in [0.2, 0.25) is 5.91 Å². The minimum absolute atomic E-state index is 0.0947. The van der Waals surface area contributed by atoms with Crippen LogP contribution in [0.3, 0.4) is 0 Å². The lowest BCUT2D eigenvalue weighted by molar-refractivity contribution is -0.121. The summed E-state index contributed by atoms with van der Waals surface area (Å²) in [4.78, 5) is 25.9. The predicted molar refractivity (Wildman–Crippen MR) is 113 cm³/mol. The Labute approximate surface area is 170 Å². The first-order chi connectivity index (χ1) is 13.5. The van der Waals surface area contributed by atoms with Crippen molar-refractivity contribution in [1.82, 2.24) is 16.0 Å². The monoisotopic (exact) mass is 399 g/mol. The topological polar surface area (TPSA) is 70.2 Å². The standard InChI is InChI=1S/C22H29N3O2S/c1-15-10-12-17(13-11-15)20(19-9-6-14-28-19)23-16(2)21(26)25-22(27)24-18-7-4-3-5-8-18/h6,9-14,16,18,20,23H,3-5,7-8H2,1-2H3,(H2,24,25,26,27)/t16-,20-/m0/s1. The SMILES string of the molecule is Cc1ccc([C@H](N[C@@H](C)C(=O)NC(=O)NC2CCCCC2)c2cccs2)cc1. The van der Waals surface area contributed by atoms with E-state index >= 15 is 0 Å². The van der Waals surface area contributed by atoms with E-state index in [-0.39, 0.29) is 18.0 Å². The molecule has 1 aromatic heterocycles. The van der Waals surface area contributed by atoms with E-state index in [1.165, 1.54) is 12.0 Å². The van der Waals surface area contributed by atoms with Crippen LogP contribution in [-0.2, 0) is 4.79 Å². The van der Waals surface area contributed by atoms with E-state index in [9.17, 15) is 9.59 Å². The Kier molecular flexibility index (Phi) is 7.23. The molecule has 3 N–H and O–H groups in total. The number of aryl methyl sites for hydroxylation is 1. The van der Waals surface area contributed by atoms with Crippen LogP contribution in [0, 0.1) is 6.92 Å². The zero-order valence-electron chi connectivity index (χ0n) is 16.5. The van der Waals surface area contributed by atoms with E-state index in [1.807, 2.05) is 11.4 Å². The highest BCUT2D eigenvalue weighted by Crippen LogP contribution is 2.27. The highest BCUT2D eigenvalue weighted by atomic mass is 32.1. The number of amides is 3. The highest BCUT2D eigenvalue weighted by molar-refractivity contribution is 7.10. The quantitative estimate of drug-likeness (QED) is 0.679. The Bertz CT molecular complexity index is 768. The molecule has 0 aliphatic heterocycles. The van der Waals surface area contributed by atoms with Gasteiger partial charge in [0, 0.05) is 10.9 Å². The van der Waals surface area contributed by atoms with Crippen molar-refractivity contribution in [2.75, 3.05) is 0 Å². The molecule has 0 bridgehead atoms. The fourth-order valence-corrected chi connectivity index (χ4v) is 4.38. The number of urea groups is 1. The molecule has 5 nitrogen and oxygen atoms in total. The van der Waals surface area contributed by atoms with Crippen LogP contribution in [0.15, 0.2) is 41.8 Å². The van der Waals surface area contributed by atoms with Crippen LogP contribution in [0.4, 0.5) is 4.79 Å². The molecule has 2 aromatic rings. The van der Waals surface area contributed by atoms with Gasteiger partial charge in [-0.3, -0.25) is 15.4 Å². The van der Waals surface area contributed by atoms with Gasteiger partial charge >= 0.3 is 6.03 Å². The summed E-state index contributed by atoms with van der Waals surface area (Å²) < 4.78 is 0. The van der Waals surface area contributed by atoms with Crippen molar-refractivity contribution < 1.29 is 9.59 Å². The van der Waals surface area contributed by atoms with Crippen molar-refractivity contribution >= 4 is 23.3 Å². The molecule has 0 radical (unpaired) electrons. The second kappa shape index (κ2) is 9.85. The van der Waals surface area contributed by atoms with Gasteiger partial charge in [-0.15, -0.1) is 11.3 Å². The van der Waals surface area contributed by atoms with Crippen molar-refractivity contribution in [3.63, 3.8) is 0 Å². The third-order valence-corrected chi connectivity index (χ3v) is 6.16. The van der Waals surface area contributed by atoms with Gasteiger partial charge in [-0.05, 0) is 43.7 Å². The molecule has 1 aromatic carbocycles. The highest BCUT2D eigenvalue weighted by Gasteiger charge is 2.23. The molecule has 1 fully saturated rings. The minimum atomic E-state index is -0.509. The first-order valence-electron chi connectivity index (χ1n) is 10.0. The number of rotatable bonds is 6. The predicted octanol–water partition coefficient (Wildman–Crippen LogP) is 4.28. The molecule has 3 amide bonds. The van der Waals surface area contributed by atoms with Crippen molar-refractivity contribution in [1.29, 1.82) is 0 Å². The molecule has 1 aliphatic carbocycles. The molecule has 3 rings (SSSR count). The zero-order valence-corrected chi connectivity index (χ0v) is 17.4. The van der Waals surface area contributed by atoms with E-state index in [0.717, 1.165) is 36.1 Å². The number of carbonyl (C=O) groups excluding carboxylic acids is 2. The van der Waals surface area contributed by atoms with Gasteiger partial charge in [-0.2, -0.15) is 0 Å². The molecule has 1 heterocycles. The summed E-state index contributed by atoms with van der Waals surface area (Å²) in [6.07, 6.45) is 5.47. The zero-order chi connectivity index (χ0) is 19.9. The largest absolute Gasteiger partial charge is 0.335 e. The second-order valence-electron chi connectivity index (χ2n) is 7.55. The summed E-state index contributed by atoms with van der Waals surface area (Å²) in [6.45, 7) is 3.84. The minimum Gasteiger partial charge on any atom is -0.335 e. The van der Waals surface area contributed by atoms with Crippen molar-refractivity contribution in [2.24, 2.45) is 0 Å². The Morgan fingerprint density at radius 2 is 1.79 bits per heavy atom. The second-order valence-corrected chi connectivity index (χ2v) is 8.52. The molecule has 6 heteroatoms. The van der Waals surface area contributed by atoms with Gasteiger partial charge in [-0.25, -0.2) is 4.79 Å². The Hall–Kier alpha value is -2.18. The normalized spacial score (nSPS) is 16.9. The average Bonchev–Trinajstić information content (AvgIpc) is 3.22. The van der Waals surface area contributed by atoms with Crippen LogP contribution in [0.1, 0.15) is 61.1 Å². The Morgan fingerprint density at radius 3 is 2.43 bits per heavy atom. The van der Waals surface area contributed by atoms with Crippen LogP contribution < -0.4 is 16.0 Å². The fourth-order valence-electron chi connectivity index (χ4n) is 3.57.